The maximum atomic E-state index is 12.4. The molecule has 0 aromatic carbocycles. The second-order valence-corrected chi connectivity index (χ2v) is 5.10. The summed E-state index contributed by atoms with van der Waals surface area (Å²) in [5, 5.41) is 22.5. The highest BCUT2D eigenvalue weighted by molar-refractivity contribution is 5.96. The van der Waals surface area contributed by atoms with Gasteiger partial charge in [-0.05, 0) is 19.8 Å². The van der Waals surface area contributed by atoms with Crippen LogP contribution in [0.15, 0.2) is 12.3 Å². The Hall–Kier alpha value is -2.51. The minimum Gasteiger partial charge on any atom is -0.481 e. The molecule has 1 aromatic rings. The molecule has 22 heavy (non-hydrogen) atoms. The molecule has 0 bridgehead atoms. The fourth-order valence-corrected chi connectivity index (χ4v) is 2.17. The molecular formula is C14H19N3O5. The lowest BCUT2D eigenvalue weighted by molar-refractivity contribution is -0.385. The van der Waals surface area contributed by atoms with Gasteiger partial charge in [0.1, 0.15) is 6.20 Å². The topological polar surface area (TPSA) is 122 Å². The van der Waals surface area contributed by atoms with Crippen molar-refractivity contribution in [2.75, 3.05) is 0 Å². The Labute approximate surface area is 127 Å². The van der Waals surface area contributed by atoms with E-state index in [1.807, 2.05) is 0 Å². The lowest BCUT2D eigenvalue weighted by Gasteiger charge is -2.31. The zero-order valence-corrected chi connectivity index (χ0v) is 12.8. The summed E-state index contributed by atoms with van der Waals surface area (Å²) >= 11 is 0. The maximum Gasteiger partial charge on any atom is 0.305 e. The summed E-state index contributed by atoms with van der Waals surface area (Å²) in [4.78, 5) is 37.4. The van der Waals surface area contributed by atoms with Gasteiger partial charge in [0.15, 0.2) is 0 Å². The zero-order chi connectivity index (χ0) is 16.9. The first-order valence-corrected chi connectivity index (χ1v) is 6.90. The number of carbonyl (C=O) groups excluding carboxylic acids is 1. The van der Waals surface area contributed by atoms with Gasteiger partial charge >= 0.3 is 5.97 Å². The van der Waals surface area contributed by atoms with Crippen LogP contribution in [0, 0.1) is 17.0 Å². The molecule has 0 saturated heterocycles. The number of carboxylic acid groups (broad SMARTS) is 1. The zero-order valence-electron chi connectivity index (χ0n) is 12.8. The van der Waals surface area contributed by atoms with Crippen molar-refractivity contribution in [1.29, 1.82) is 0 Å². The van der Waals surface area contributed by atoms with E-state index in [1.54, 1.807) is 20.8 Å². The van der Waals surface area contributed by atoms with Gasteiger partial charge in [-0.3, -0.25) is 24.7 Å². The van der Waals surface area contributed by atoms with E-state index in [2.05, 4.69) is 10.3 Å². The smallest absolute Gasteiger partial charge is 0.305 e. The van der Waals surface area contributed by atoms with Crippen LogP contribution >= 0.6 is 0 Å². The van der Waals surface area contributed by atoms with E-state index in [4.69, 9.17) is 5.11 Å². The van der Waals surface area contributed by atoms with Gasteiger partial charge in [-0.25, -0.2) is 0 Å². The summed E-state index contributed by atoms with van der Waals surface area (Å²) in [6.07, 6.45) is 1.73. The van der Waals surface area contributed by atoms with Crippen molar-refractivity contribution in [3.63, 3.8) is 0 Å². The number of aliphatic carboxylic acids is 1. The van der Waals surface area contributed by atoms with Crippen molar-refractivity contribution in [3.05, 3.63) is 33.6 Å². The molecule has 0 saturated carbocycles. The fraction of sp³-hybridized carbons (Fsp3) is 0.500. The van der Waals surface area contributed by atoms with E-state index in [0.29, 0.717) is 18.5 Å². The molecule has 120 valence electrons. The van der Waals surface area contributed by atoms with Crippen molar-refractivity contribution in [3.8, 4) is 0 Å². The molecule has 0 aliphatic heterocycles. The number of nitrogens with zero attached hydrogens (tertiary/aromatic N) is 2. The number of rotatable bonds is 7. The number of nitrogens with one attached hydrogen (secondary N) is 1. The molecule has 0 spiro atoms. The largest absolute Gasteiger partial charge is 0.481 e. The molecule has 0 radical (unpaired) electrons. The van der Waals surface area contributed by atoms with Crippen molar-refractivity contribution in [2.45, 2.75) is 45.6 Å². The molecule has 0 fully saturated rings. The number of aryl methyl sites for hydroxylation is 1. The monoisotopic (exact) mass is 309 g/mol. The highest BCUT2D eigenvalue weighted by Gasteiger charge is 2.32. The van der Waals surface area contributed by atoms with E-state index >= 15 is 0 Å². The molecule has 0 unspecified atom stereocenters. The Bertz CT molecular complexity index is 596. The molecule has 0 atom stereocenters. The van der Waals surface area contributed by atoms with Gasteiger partial charge in [-0.2, -0.15) is 0 Å². The Balaban J connectivity index is 3.12. The summed E-state index contributed by atoms with van der Waals surface area (Å²) in [6.45, 7) is 5.13. The molecule has 0 aliphatic rings. The summed E-state index contributed by atoms with van der Waals surface area (Å²) in [5.74, 6) is -1.57. The third kappa shape index (κ3) is 4.00. The summed E-state index contributed by atoms with van der Waals surface area (Å²) in [5.41, 5.74) is -0.752. The van der Waals surface area contributed by atoms with E-state index < -0.39 is 22.3 Å². The minimum absolute atomic E-state index is 0.0749. The third-order valence-corrected chi connectivity index (χ3v) is 3.75. The van der Waals surface area contributed by atoms with Crippen LogP contribution in [0.5, 0.6) is 0 Å². The average molecular weight is 309 g/mol. The van der Waals surface area contributed by atoms with E-state index in [9.17, 15) is 19.7 Å². The first kappa shape index (κ1) is 17.5. The number of carbonyl (C=O) groups is 2. The molecule has 2 N–H and O–H groups in total. The minimum atomic E-state index is -1.02. The SMILES string of the molecule is CCC(CC)(CC(=O)O)NC(=O)c1cc([N+](=O)[O-])cnc1C. The van der Waals surface area contributed by atoms with Gasteiger partial charge in [-0.15, -0.1) is 0 Å². The number of pyridine rings is 1. The second kappa shape index (κ2) is 6.97. The van der Waals surface area contributed by atoms with Crippen LogP contribution in [0.1, 0.15) is 49.2 Å². The maximum absolute atomic E-state index is 12.4. The number of nitro groups is 1. The van der Waals surface area contributed by atoms with E-state index in [0.717, 1.165) is 12.3 Å². The Morgan fingerprint density at radius 2 is 2.00 bits per heavy atom. The quantitative estimate of drug-likeness (QED) is 0.587. The molecule has 8 nitrogen and oxygen atoms in total. The highest BCUT2D eigenvalue weighted by Crippen LogP contribution is 2.22. The number of hydrogen-bond donors (Lipinski definition) is 2. The number of carboxylic acids is 1. The van der Waals surface area contributed by atoms with Crippen LogP contribution in [0.2, 0.25) is 0 Å². The van der Waals surface area contributed by atoms with Crippen LogP contribution in [-0.2, 0) is 4.79 Å². The number of hydrogen-bond acceptors (Lipinski definition) is 5. The van der Waals surface area contributed by atoms with Crippen LogP contribution in [-0.4, -0.2) is 32.4 Å². The molecule has 8 heteroatoms. The predicted molar refractivity (Wildman–Crippen MR) is 78.7 cm³/mol. The second-order valence-electron chi connectivity index (χ2n) is 5.10. The van der Waals surface area contributed by atoms with Gasteiger partial charge in [-0.1, -0.05) is 13.8 Å². The Morgan fingerprint density at radius 3 is 2.45 bits per heavy atom. The average Bonchev–Trinajstić information content (AvgIpc) is 2.45. The van der Waals surface area contributed by atoms with Crippen LogP contribution in [0.25, 0.3) is 0 Å². The molecular weight excluding hydrogens is 290 g/mol. The fourth-order valence-electron chi connectivity index (χ4n) is 2.17. The first-order chi connectivity index (χ1) is 10.2. The van der Waals surface area contributed by atoms with Crippen LogP contribution in [0.3, 0.4) is 0 Å². The van der Waals surface area contributed by atoms with Gasteiger partial charge < -0.3 is 10.4 Å². The molecule has 1 amide bonds. The summed E-state index contributed by atoms with van der Waals surface area (Å²) < 4.78 is 0. The third-order valence-electron chi connectivity index (χ3n) is 3.75. The predicted octanol–water partition coefficient (Wildman–Crippen LogP) is 2.06. The van der Waals surface area contributed by atoms with Gasteiger partial charge in [0.2, 0.25) is 0 Å². The summed E-state index contributed by atoms with van der Waals surface area (Å²) in [6, 6.07) is 1.15. The van der Waals surface area contributed by atoms with Crippen LogP contribution in [0.4, 0.5) is 5.69 Å². The standard InChI is InChI=1S/C14H19N3O5/c1-4-14(5-2,7-12(18)19)16-13(20)11-6-10(17(21)22)8-15-9(11)3/h6,8H,4-5,7H2,1-3H3,(H,16,20)(H,18,19). The van der Waals surface area contributed by atoms with Crippen molar-refractivity contribution >= 4 is 17.6 Å². The van der Waals surface area contributed by atoms with Gasteiger partial charge in [0.05, 0.1) is 28.1 Å². The summed E-state index contributed by atoms with van der Waals surface area (Å²) in [7, 11) is 0. The van der Waals surface area contributed by atoms with E-state index in [1.165, 1.54) is 0 Å². The lowest BCUT2D eigenvalue weighted by Crippen LogP contribution is -2.49. The first-order valence-electron chi connectivity index (χ1n) is 6.90. The van der Waals surface area contributed by atoms with E-state index in [-0.39, 0.29) is 17.7 Å². The van der Waals surface area contributed by atoms with Gasteiger partial charge in [0.25, 0.3) is 11.6 Å². The Morgan fingerprint density at radius 1 is 1.41 bits per heavy atom. The van der Waals surface area contributed by atoms with Crippen molar-refractivity contribution < 1.29 is 19.6 Å². The van der Waals surface area contributed by atoms with Crippen molar-refractivity contribution in [1.82, 2.24) is 10.3 Å². The highest BCUT2D eigenvalue weighted by atomic mass is 16.6. The number of aromatic nitrogens is 1. The van der Waals surface area contributed by atoms with Crippen molar-refractivity contribution in [2.24, 2.45) is 0 Å². The molecule has 1 heterocycles. The Kier molecular flexibility index (Phi) is 5.56. The van der Waals surface area contributed by atoms with Gasteiger partial charge in [0, 0.05) is 6.07 Å². The molecule has 1 aromatic heterocycles. The lowest BCUT2D eigenvalue weighted by atomic mass is 9.88. The molecule has 0 aliphatic carbocycles. The number of amides is 1. The van der Waals surface area contributed by atoms with Crippen LogP contribution < -0.4 is 5.32 Å². The molecule has 1 rings (SSSR count). The normalized spacial score (nSPS) is 11.0.